The summed E-state index contributed by atoms with van der Waals surface area (Å²) in [7, 11) is 0. The molecule has 5 heteroatoms. The molecule has 4 nitrogen and oxygen atoms in total. The number of allylic oxidation sites excluding steroid dienone is 2. The van der Waals surface area contributed by atoms with Crippen molar-refractivity contribution in [2.24, 2.45) is 0 Å². The maximum atomic E-state index is 8.25. The Labute approximate surface area is 80.9 Å². The molecule has 0 unspecified atom stereocenters. The molecular weight excluding hydrogens is 242 g/mol. The van der Waals surface area contributed by atoms with E-state index in [1.54, 1.807) is 0 Å². The molecule has 0 aliphatic heterocycles. The van der Waals surface area contributed by atoms with Crippen LogP contribution in [0.4, 0.5) is 0 Å². The first-order chi connectivity index (χ1) is 4.73. The normalized spacial score (nSPS) is 13.8. The predicted octanol–water partition coefficient (Wildman–Crippen LogP) is 1.88. The van der Waals surface area contributed by atoms with Gasteiger partial charge in [-0.05, 0) is 25.7 Å². The summed E-state index contributed by atoms with van der Waals surface area (Å²) >= 11 is 0. The molecule has 0 radical (unpaired) electrons. The summed E-state index contributed by atoms with van der Waals surface area (Å²) in [5, 5.41) is 14.8. The topological polar surface area (TPSA) is 66.2 Å². The summed E-state index contributed by atoms with van der Waals surface area (Å²) in [5.41, 5.74) is 0. The van der Waals surface area contributed by atoms with Crippen LogP contribution in [0.25, 0.3) is 0 Å². The number of rotatable bonds is 0. The zero-order valence-electron chi connectivity index (χ0n) is 5.96. The smallest absolute Gasteiger partial charge is 0.356 e. The zero-order valence-corrected chi connectivity index (χ0v) is 7.44. The maximum absolute atomic E-state index is 8.25. The Kier molecular flexibility index (Phi) is 11.7. The van der Waals surface area contributed by atoms with Crippen molar-refractivity contribution in [2.45, 2.75) is 25.7 Å². The third kappa shape index (κ3) is 17.7. The number of hydrogen-bond acceptors (Lipinski definition) is 3. The summed E-state index contributed by atoms with van der Waals surface area (Å²) in [4.78, 5) is 8.25. The average molecular weight is 252 g/mol. The second-order valence-electron chi connectivity index (χ2n) is 1.98. The Morgan fingerprint density at radius 1 is 1.09 bits per heavy atom. The van der Waals surface area contributed by atoms with Gasteiger partial charge in [-0.2, -0.15) is 0 Å². The second-order valence-corrected chi connectivity index (χ2v) is 1.98. The van der Waals surface area contributed by atoms with Crippen LogP contribution in [0.3, 0.4) is 0 Å². The molecule has 0 fully saturated rings. The van der Waals surface area contributed by atoms with Gasteiger partial charge < -0.3 is 15.3 Å². The molecule has 11 heavy (non-hydrogen) atoms. The molecule has 0 N–H and O–H groups in total. The fourth-order valence-electron chi connectivity index (χ4n) is 0.760. The van der Waals surface area contributed by atoms with E-state index in [4.69, 9.17) is 15.3 Å². The van der Waals surface area contributed by atoms with Crippen molar-refractivity contribution in [1.29, 1.82) is 0 Å². The van der Waals surface area contributed by atoms with Crippen LogP contribution in [0.2, 0.25) is 0 Å². The quantitative estimate of drug-likeness (QED) is 0.286. The SMILES string of the molecule is C1=CCCCC1.O=[N+]([O-])[O-].[Ag+]. The Hall–Kier alpha value is -0.320. The van der Waals surface area contributed by atoms with Crippen LogP contribution < -0.4 is 0 Å². The molecule has 1 aliphatic carbocycles. The Bertz CT molecular complexity index is 115. The minimum absolute atomic E-state index is 0. The van der Waals surface area contributed by atoms with Gasteiger partial charge in [-0.25, -0.2) is 0 Å². The third-order valence-corrected chi connectivity index (χ3v) is 1.16. The maximum Gasteiger partial charge on any atom is 1.00 e. The van der Waals surface area contributed by atoms with Gasteiger partial charge in [0.05, 0.1) is 5.09 Å². The number of nitrogens with zero attached hydrogens (tertiary/aromatic N) is 1. The van der Waals surface area contributed by atoms with Crippen molar-refractivity contribution in [3.63, 3.8) is 0 Å². The van der Waals surface area contributed by atoms with Gasteiger partial charge in [0.2, 0.25) is 0 Å². The molecule has 0 saturated heterocycles. The van der Waals surface area contributed by atoms with E-state index in [-0.39, 0.29) is 22.4 Å². The van der Waals surface area contributed by atoms with Gasteiger partial charge >= 0.3 is 22.4 Å². The first kappa shape index (κ1) is 13.3. The van der Waals surface area contributed by atoms with E-state index in [2.05, 4.69) is 12.2 Å². The van der Waals surface area contributed by atoms with Gasteiger partial charge in [-0.3, -0.25) is 0 Å². The van der Waals surface area contributed by atoms with E-state index < -0.39 is 5.09 Å². The molecule has 0 amide bonds. The molecule has 0 aromatic heterocycles. The molecule has 0 saturated carbocycles. The van der Waals surface area contributed by atoms with Crippen molar-refractivity contribution in [3.8, 4) is 0 Å². The van der Waals surface area contributed by atoms with Gasteiger partial charge in [-0.1, -0.05) is 12.2 Å². The molecule has 68 valence electrons. The summed E-state index contributed by atoms with van der Waals surface area (Å²) < 4.78 is 0. The van der Waals surface area contributed by atoms with Gasteiger partial charge in [0.1, 0.15) is 0 Å². The van der Waals surface area contributed by atoms with Gasteiger partial charge in [0.25, 0.3) is 0 Å². The standard InChI is InChI=1S/C6H10.Ag.NO3/c1-2-4-6-5-3-1;;2-1(3)4/h1-2H,3-6H2;;/q;+1;-1. The van der Waals surface area contributed by atoms with Crippen LogP contribution in [0.5, 0.6) is 0 Å². The minimum atomic E-state index is -1.75. The fourth-order valence-corrected chi connectivity index (χ4v) is 0.760. The molecular formula is C6H10AgNO3. The molecule has 0 spiro atoms. The molecule has 0 heterocycles. The largest absolute Gasteiger partial charge is 1.00 e. The molecule has 0 bridgehead atoms. The van der Waals surface area contributed by atoms with Crippen LogP contribution in [0.1, 0.15) is 25.7 Å². The summed E-state index contributed by atoms with van der Waals surface area (Å²) in [6.45, 7) is 0. The Balaban J connectivity index is 0. The van der Waals surface area contributed by atoms with E-state index in [9.17, 15) is 0 Å². The fraction of sp³-hybridized carbons (Fsp3) is 0.667. The van der Waals surface area contributed by atoms with Gasteiger partial charge in [0.15, 0.2) is 0 Å². The van der Waals surface area contributed by atoms with Gasteiger partial charge in [-0.15, -0.1) is 0 Å². The summed E-state index contributed by atoms with van der Waals surface area (Å²) in [5.74, 6) is 0. The van der Waals surface area contributed by atoms with Crippen LogP contribution in [0.15, 0.2) is 12.2 Å². The summed E-state index contributed by atoms with van der Waals surface area (Å²) in [6.07, 6.45) is 10.0. The summed E-state index contributed by atoms with van der Waals surface area (Å²) in [6, 6.07) is 0. The van der Waals surface area contributed by atoms with Crippen molar-refractivity contribution in [1.82, 2.24) is 0 Å². The number of hydrogen-bond donors (Lipinski definition) is 0. The van der Waals surface area contributed by atoms with E-state index in [0.717, 1.165) is 0 Å². The zero-order chi connectivity index (χ0) is 7.82. The molecule has 1 rings (SSSR count). The molecule has 0 aromatic carbocycles. The monoisotopic (exact) mass is 251 g/mol. The van der Waals surface area contributed by atoms with Crippen molar-refractivity contribution in [3.05, 3.63) is 27.5 Å². The Morgan fingerprint density at radius 2 is 1.36 bits per heavy atom. The second kappa shape index (κ2) is 9.68. The average Bonchev–Trinajstić information content (AvgIpc) is 1.90. The van der Waals surface area contributed by atoms with Crippen LogP contribution >= 0.6 is 0 Å². The first-order valence-electron chi connectivity index (χ1n) is 3.20. The third-order valence-electron chi connectivity index (χ3n) is 1.16. The minimum Gasteiger partial charge on any atom is -0.356 e. The Morgan fingerprint density at radius 3 is 1.45 bits per heavy atom. The first-order valence-corrected chi connectivity index (χ1v) is 3.20. The molecule has 0 atom stereocenters. The van der Waals surface area contributed by atoms with Crippen molar-refractivity contribution < 1.29 is 27.5 Å². The van der Waals surface area contributed by atoms with Crippen LogP contribution in [0, 0.1) is 15.3 Å². The van der Waals surface area contributed by atoms with E-state index in [1.165, 1.54) is 25.7 Å². The van der Waals surface area contributed by atoms with Crippen molar-refractivity contribution >= 4 is 0 Å². The molecule has 0 aromatic rings. The van der Waals surface area contributed by atoms with Crippen LogP contribution in [-0.4, -0.2) is 5.09 Å². The van der Waals surface area contributed by atoms with E-state index in [0.29, 0.717) is 0 Å². The van der Waals surface area contributed by atoms with Crippen LogP contribution in [-0.2, 0) is 22.4 Å². The van der Waals surface area contributed by atoms with Crippen molar-refractivity contribution in [2.75, 3.05) is 0 Å². The predicted molar refractivity (Wildman–Crippen MR) is 38.0 cm³/mol. The van der Waals surface area contributed by atoms with Gasteiger partial charge in [0, 0.05) is 0 Å². The van der Waals surface area contributed by atoms with E-state index >= 15 is 0 Å². The molecule has 1 aliphatic rings. The van der Waals surface area contributed by atoms with E-state index in [1.807, 2.05) is 0 Å².